The van der Waals surface area contributed by atoms with Crippen molar-refractivity contribution in [1.29, 1.82) is 0 Å². The Morgan fingerprint density at radius 3 is 2.40 bits per heavy atom. The average molecular weight is 720 g/mol. The molecule has 280 valence electrons. The number of likely N-dealkylation sites (tertiary alicyclic amines) is 3. The van der Waals surface area contributed by atoms with E-state index in [0.29, 0.717) is 75.0 Å². The number of carbonyl (C=O) groups is 5. The van der Waals surface area contributed by atoms with Crippen molar-refractivity contribution in [3.8, 4) is 5.75 Å². The number of ether oxygens (including phenoxy) is 1. The molecule has 2 aromatic carbocycles. The first-order valence-electron chi connectivity index (χ1n) is 18.4. The molecule has 0 aliphatic carbocycles. The van der Waals surface area contributed by atoms with E-state index in [1.807, 2.05) is 29.2 Å². The second kappa shape index (κ2) is 15.8. The molecule has 6 rings (SSSR count). The van der Waals surface area contributed by atoms with Crippen LogP contribution in [0.2, 0.25) is 0 Å². The Bertz CT molecular complexity index is 1670. The van der Waals surface area contributed by atoms with Crippen LogP contribution >= 0.6 is 0 Å². The summed E-state index contributed by atoms with van der Waals surface area (Å²) in [4.78, 5) is 71.1. The number of urea groups is 1. The van der Waals surface area contributed by atoms with E-state index in [9.17, 15) is 39.3 Å². The molecular weight excluding hydrogens is 670 g/mol. The fourth-order valence-electron chi connectivity index (χ4n) is 8.63. The van der Waals surface area contributed by atoms with Crippen molar-refractivity contribution in [2.24, 2.45) is 0 Å². The number of rotatable bonds is 8. The monoisotopic (exact) mass is 719 g/mol. The Labute approximate surface area is 303 Å². The standard InChI is InChI=1S/C38H49N5O9/c1-23-19-25(20-24(2)33(23)44)21-32(34(45)43-18-13-28(22-31(43)36(48)49)41-14-6-5-9-30(41)35(46)47)52-38(51)40-15-11-27(12-16-40)42-17-10-26-7-3-4-8-29(26)39-37(42)50/h3-4,7-8,19-20,27-28,30-32,44H,5-6,9-18,21-22H2,1-2H3,(H,39,50)(H,46,47)(H,48,49)/t28?,30?,31?,32-/m1/s1. The number of phenols is 1. The van der Waals surface area contributed by atoms with Crippen LogP contribution < -0.4 is 15.3 Å². The minimum atomic E-state index is -1.35. The van der Waals surface area contributed by atoms with Gasteiger partial charge in [-0.1, -0.05) is 30.3 Å². The minimum absolute atomic E-state index is 0.0338. The minimum Gasteiger partial charge on any atom is -0.544 e. The molecule has 5 atom stereocenters. The van der Waals surface area contributed by atoms with Crippen LogP contribution in [-0.2, 0) is 32.0 Å². The van der Waals surface area contributed by atoms with Crippen molar-refractivity contribution in [2.45, 2.75) is 102 Å². The van der Waals surface area contributed by atoms with Crippen LogP contribution in [0.15, 0.2) is 36.4 Å². The second-order valence-corrected chi connectivity index (χ2v) is 14.7. The molecular formula is C38H49N5O9. The predicted molar refractivity (Wildman–Crippen MR) is 187 cm³/mol. The summed E-state index contributed by atoms with van der Waals surface area (Å²) in [6.45, 7) is 5.29. The number of hydrogen-bond donors (Lipinski definition) is 4. The molecule has 14 nitrogen and oxygen atoms in total. The molecule has 3 saturated heterocycles. The normalized spacial score (nSPS) is 24.7. The zero-order valence-electron chi connectivity index (χ0n) is 29.8. The molecule has 0 spiro atoms. The third-order valence-corrected chi connectivity index (χ3v) is 11.4. The second-order valence-electron chi connectivity index (χ2n) is 14.7. The molecule has 0 radical (unpaired) electrons. The lowest BCUT2D eigenvalue weighted by Crippen LogP contribution is -3.21. The van der Waals surface area contributed by atoms with Gasteiger partial charge in [0.15, 0.2) is 6.10 Å². The highest BCUT2D eigenvalue weighted by atomic mass is 16.6. The molecule has 4 amide bonds. The number of aliphatic carboxylic acids is 2. The number of benzene rings is 2. The summed E-state index contributed by atoms with van der Waals surface area (Å²) in [5.41, 5.74) is 3.69. The number of hydrogen-bond acceptors (Lipinski definition) is 8. The van der Waals surface area contributed by atoms with Gasteiger partial charge >= 0.3 is 18.1 Å². The molecule has 4 heterocycles. The molecule has 4 N–H and O–H groups in total. The Morgan fingerprint density at radius 1 is 1.00 bits per heavy atom. The Balaban J connectivity index is 1.15. The number of fused-ring (bicyclic) bond motifs is 1. The molecule has 2 aromatic rings. The van der Waals surface area contributed by atoms with Crippen LogP contribution in [0.4, 0.5) is 15.3 Å². The quantitative estimate of drug-likeness (QED) is 0.312. The van der Waals surface area contributed by atoms with Gasteiger partial charge in [-0.3, -0.25) is 4.79 Å². The van der Waals surface area contributed by atoms with Gasteiger partial charge in [0.25, 0.3) is 5.91 Å². The number of carboxylic acids is 2. The highest BCUT2D eigenvalue weighted by Gasteiger charge is 2.45. The maximum Gasteiger partial charge on any atom is 0.410 e. The van der Waals surface area contributed by atoms with Gasteiger partial charge < -0.3 is 49.8 Å². The summed E-state index contributed by atoms with van der Waals surface area (Å²) in [5.74, 6) is -2.86. The number of anilines is 1. The van der Waals surface area contributed by atoms with Crippen LogP contribution in [0.3, 0.4) is 0 Å². The smallest absolute Gasteiger partial charge is 0.410 e. The van der Waals surface area contributed by atoms with E-state index in [1.165, 1.54) is 9.80 Å². The van der Waals surface area contributed by atoms with E-state index in [2.05, 4.69) is 5.32 Å². The Morgan fingerprint density at radius 2 is 1.71 bits per heavy atom. The number of piperidine rings is 3. The van der Waals surface area contributed by atoms with Gasteiger partial charge in [0, 0.05) is 63.6 Å². The molecule has 0 saturated carbocycles. The number of phenolic OH excluding ortho intramolecular Hbond substituents is 1. The fraction of sp³-hybridized carbons (Fsp3) is 0.553. The summed E-state index contributed by atoms with van der Waals surface area (Å²) in [6, 6.07) is 8.65. The topological polar surface area (TPSA) is 184 Å². The first kappa shape index (κ1) is 36.9. The molecule has 4 aliphatic rings. The third kappa shape index (κ3) is 7.96. The molecule has 3 fully saturated rings. The van der Waals surface area contributed by atoms with Crippen molar-refractivity contribution in [1.82, 2.24) is 14.7 Å². The number of amides is 4. The van der Waals surface area contributed by atoms with E-state index in [0.717, 1.165) is 29.0 Å². The first-order chi connectivity index (χ1) is 24.9. The van der Waals surface area contributed by atoms with Crippen LogP contribution in [-0.4, -0.2) is 118 Å². The predicted octanol–water partition coefficient (Wildman–Crippen LogP) is 1.24. The first-order valence-corrected chi connectivity index (χ1v) is 18.4. The number of aromatic hydroxyl groups is 1. The molecule has 4 unspecified atom stereocenters. The van der Waals surface area contributed by atoms with E-state index >= 15 is 0 Å². The van der Waals surface area contributed by atoms with Crippen LogP contribution in [0.5, 0.6) is 5.75 Å². The van der Waals surface area contributed by atoms with E-state index < -0.39 is 42.1 Å². The average Bonchev–Trinajstić information content (AvgIpc) is 3.30. The lowest BCUT2D eigenvalue weighted by Gasteiger charge is -2.44. The zero-order chi connectivity index (χ0) is 37.1. The fourth-order valence-corrected chi connectivity index (χ4v) is 8.63. The number of carbonyl (C=O) groups excluding carboxylic acids is 4. The van der Waals surface area contributed by atoms with Gasteiger partial charge in [-0.25, -0.2) is 14.4 Å². The van der Waals surface area contributed by atoms with Crippen LogP contribution in [0.25, 0.3) is 0 Å². The molecule has 0 aromatic heterocycles. The highest BCUT2D eigenvalue weighted by molar-refractivity contribution is 5.91. The molecule has 0 bridgehead atoms. The van der Waals surface area contributed by atoms with Gasteiger partial charge in [-0.15, -0.1) is 0 Å². The number of nitrogens with zero attached hydrogens (tertiary/aromatic N) is 3. The van der Waals surface area contributed by atoms with Crippen molar-refractivity contribution < 1.29 is 48.9 Å². The van der Waals surface area contributed by atoms with E-state index in [4.69, 9.17) is 4.74 Å². The SMILES string of the molecule is Cc1cc(C[C@@H](OC(=O)N2CCC(N3CCc4ccccc4NC3=O)CC2)C(=O)N2CCC([NH+]3CCCCC3C(=O)[O-])CC2C(=O)O)cc(C)c1O. The maximum atomic E-state index is 14.3. The van der Waals surface area contributed by atoms with Gasteiger partial charge in [-0.2, -0.15) is 0 Å². The van der Waals surface area contributed by atoms with Gasteiger partial charge in [0.1, 0.15) is 17.8 Å². The lowest BCUT2D eigenvalue weighted by atomic mass is 9.90. The Hall–Kier alpha value is -4.85. The number of nitrogens with one attached hydrogen (secondary N) is 2. The van der Waals surface area contributed by atoms with Crippen LogP contribution in [0.1, 0.15) is 67.2 Å². The van der Waals surface area contributed by atoms with Gasteiger partial charge in [-0.05, 0) is 74.3 Å². The summed E-state index contributed by atoms with van der Waals surface area (Å²) < 4.78 is 5.96. The summed E-state index contributed by atoms with van der Waals surface area (Å²) in [7, 11) is 0. The Kier molecular flexibility index (Phi) is 11.2. The van der Waals surface area contributed by atoms with Gasteiger partial charge in [0.05, 0.1) is 18.6 Å². The number of carboxylic acid groups (broad SMARTS) is 2. The van der Waals surface area contributed by atoms with Crippen LogP contribution in [0, 0.1) is 13.8 Å². The molecule has 52 heavy (non-hydrogen) atoms. The van der Waals surface area contributed by atoms with Crippen molar-refractivity contribution >= 4 is 35.7 Å². The van der Waals surface area contributed by atoms with Crippen molar-refractivity contribution in [3.63, 3.8) is 0 Å². The zero-order valence-corrected chi connectivity index (χ0v) is 29.8. The molecule has 4 aliphatic heterocycles. The highest BCUT2D eigenvalue weighted by Crippen LogP contribution is 2.28. The lowest BCUT2D eigenvalue weighted by molar-refractivity contribution is -0.949. The summed E-state index contributed by atoms with van der Waals surface area (Å²) in [6.07, 6.45) is 2.21. The van der Waals surface area contributed by atoms with E-state index in [1.54, 1.807) is 26.0 Å². The van der Waals surface area contributed by atoms with Crippen molar-refractivity contribution in [3.05, 3.63) is 58.7 Å². The van der Waals surface area contributed by atoms with E-state index in [-0.39, 0.29) is 43.3 Å². The summed E-state index contributed by atoms with van der Waals surface area (Å²) in [5, 5.41) is 35.6. The number of aryl methyl sites for hydroxylation is 2. The van der Waals surface area contributed by atoms with Gasteiger partial charge in [0.2, 0.25) is 0 Å². The summed E-state index contributed by atoms with van der Waals surface area (Å²) >= 11 is 0. The molecule has 14 heteroatoms. The largest absolute Gasteiger partial charge is 0.544 e. The van der Waals surface area contributed by atoms with Crippen molar-refractivity contribution in [2.75, 3.05) is 38.0 Å². The third-order valence-electron chi connectivity index (χ3n) is 11.4. The number of para-hydroxylation sites is 1. The maximum absolute atomic E-state index is 14.3. The number of quaternary nitrogens is 1.